The molecule has 7 nitrogen and oxygen atoms in total. The first kappa shape index (κ1) is 20.7. The van der Waals surface area contributed by atoms with Crippen molar-refractivity contribution in [2.75, 3.05) is 13.9 Å². The summed E-state index contributed by atoms with van der Waals surface area (Å²) in [7, 11) is 1.62. The zero-order valence-electron chi connectivity index (χ0n) is 17.2. The Kier molecular flexibility index (Phi) is 5.73. The van der Waals surface area contributed by atoms with E-state index in [1.54, 1.807) is 17.7 Å². The molecule has 0 fully saturated rings. The lowest BCUT2D eigenvalue weighted by Crippen LogP contribution is -2.14. The Labute approximate surface area is 180 Å². The molecule has 0 aliphatic heterocycles. The van der Waals surface area contributed by atoms with Crippen LogP contribution in [0.2, 0.25) is 0 Å². The fourth-order valence-corrected chi connectivity index (χ4v) is 4.16. The second-order valence-corrected chi connectivity index (χ2v) is 8.20. The summed E-state index contributed by atoms with van der Waals surface area (Å²) in [5.74, 6) is 0.542. The van der Waals surface area contributed by atoms with E-state index in [2.05, 4.69) is 35.0 Å². The van der Waals surface area contributed by atoms with Gasteiger partial charge >= 0.3 is 0 Å². The lowest BCUT2D eigenvalue weighted by molar-refractivity contribution is -0.0675. The Bertz CT molecular complexity index is 1080. The third-order valence-corrected chi connectivity index (χ3v) is 5.71. The minimum absolute atomic E-state index is 0.0584. The fraction of sp³-hybridized carbons (Fsp3) is 0.364. The van der Waals surface area contributed by atoms with Crippen LogP contribution in [0.15, 0.2) is 35.5 Å². The Morgan fingerprint density at radius 1 is 1.10 bits per heavy atom. The summed E-state index contributed by atoms with van der Waals surface area (Å²) >= 11 is 4.49. The van der Waals surface area contributed by atoms with Crippen molar-refractivity contribution < 1.29 is 19.7 Å². The average molecular weight is 428 g/mol. The van der Waals surface area contributed by atoms with Gasteiger partial charge in [-0.1, -0.05) is 19.9 Å². The molecule has 30 heavy (non-hydrogen) atoms. The Morgan fingerprint density at radius 2 is 1.87 bits per heavy atom. The van der Waals surface area contributed by atoms with Gasteiger partial charge in [0, 0.05) is 13.2 Å². The topological polar surface area (TPSA) is 89.6 Å². The van der Waals surface area contributed by atoms with E-state index in [9.17, 15) is 10.2 Å². The predicted molar refractivity (Wildman–Crippen MR) is 116 cm³/mol. The number of hydrogen-bond acceptors (Lipinski definition) is 7. The number of phenolic OH excluding ortho intramolecular Hbond substituents is 2. The molecule has 0 radical (unpaired) electrons. The standard InChI is InChI=1S/C22H25N3O4S/c1-12(2)17-9-18(20(27)10-19(17)26)21-23-24-22(30)25(21)15-5-4-13-7-16(29-11-28-3)8-14(13)6-15/h4-6,9-10,12,16,26-27H,7-8,11H2,1-3H3,(H,24,30). The highest BCUT2D eigenvalue weighted by molar-refractivity contribution is 7.80. The highest BCUT2D eigenvalue weighted by Gasteiger charge is 2.24. The molecule has 1 unspecified atom stereocenters. The molecule has 1 atom stereocenters. The monoisotopic (exact) mass is 427 g/mol. The molecular weight excluding hydrogens is 402 g/mol. The van der Waals surface area contributed by atoms with Crippen LogP contribution >= 0.6 is 12.6 Å². The molecule has 4 rings (SSSR count). The summed E-state index contributed by atoms with van der Waals surface area (Å²) in [6.07, 6.45) is 1.74. The van der Waals surface area contributed by atoms with Crippen molar-refractivity contribution in [3.8, 4) is 28.6 Å². The zero-order valence-corrected chi connectivity index (χ0v) is 18.1. The van der Waals surface area contributed by atoms with Gasteiger partial charge in [-0.25, -0.2) is 0 Å². The number of hydrogen-bond donors (Lipinski definition) is 3. The number of aromatic hydroxyl groups is 2. The maximum atomic E-state index is 10.5. The lowest BCUT2D eigenvalue weighted by atomic mass is 9.98. The van der Waals surface area contributed by atoms with Gasteiger partial charge in [-0.2, -0.15) is 0 Å². The number of fused-ring (bicyclic) bond motifs is 1. The highest BCUT2D eigenvalue weighted by Crippen LogP contribution is 2.39. The van der Waals surface area contributed by atoms with Crippen LogP contribution in [0, 0.1) is 0 Å². The summed E-state index contributed by atoms with van der Waals surface area (Å²) in [5, 5.41) is 29.5. The maximum absolute atomic E-state index is 10.5. The molecule has 3 aromatic rings. The molecule has 0 bridgehead atoms. The molecule has 1 heterocycles. The van der Waals surface area contributed by atoms with Crippen molar-refractivity contribution in [2.45, 2.75) is 43.9 Å². The van der Waals surface area contributed by atoms with Crippen LogP contribution in [0.1, 0.15) is 36.5 Å². The van der Waals surface area contributed by atoms with Crippen molar-refractivity contribution >= 4 is 12.6 Å². The number of thiol groups is 1. The summed E-state index contributed by atoms with van der Waals surface area (Å²) < 4.78 is 12.5. The van der Waals surface area contributed by atoms with E-state index in [1.165, 1.54) is 17.2 Å². The summed E-state index contributed by atoms with van der Waals surface area (Å²) in [5.41, 5.74) is 4.50. The van der Waals surface area contributed by atoms with Gasteiger partial charge in [0.15, 0.2) is 11.0 Å². The quantitative estimate of drug-likeness (QED) is 0.409. The molecule has 8 heteroatoms. The number of ether oxygens (including phenoxy) is 2. The van der Waals surface area contributed by atoms with Crippen molar-refractivity contribution in [3.05, 3.63) is 47.0 Å². The molecule has 0 saturated carbocycles. The van der Waals surface area contributed by atoms with Gasteiger partial charge in [-0.15, -0.1) is 22.8 Å². The van der Waals surface area contributed by atoms with Gasteiger partial charge in [0.05, 0.1) is 17.4 Å². The molecule has 2 aromatic carbocycles. The molecular formula is C22H25N3O4S. The Morgan fingerprint density at radius 3 is 2.60 bits per heavy atom. The van der Waals surface area contributed by atoms with E-state index in [0.29, 0.717) is 16.5 Å². The molecule has 1 aliphatic carbocycles. The van der Waals surface area contributed by atoms with E-state index in [4.69, 9.17) is 9.47 Å². The van der Waals surface area contributed by atoms with Gasteiger partial charge < -0.3 is 19.7 Å². The number of rotatable bonds is 6. The molecule has 1 aliphatic rings. The summed E-state index contributed by atoms with van der Waals surface area (Å²) in [6.45, 7) is 4.24. The van der Waals surface area contributed by atoms with Gasteiger partial charge in [-0.05, 0) is 53.6 Å². The number of methoxy groups -OCH3 is 1. The van der Waals surface area contributed by atoms with Crippen LogP contribution in [0.3, 0.4) is 0 Å². The number of benzene rings is 2. The summed E-state index contributed by atoms with van der Waals surface area (Å²) in [4.78, 5) is 0. The van der Waals surface area contributed by atoms with Gasteiger partial charge in [0.1, 0.15) is 18.3 Å². The fourth-order valence-electron chi connectivity index (χ4n) is 3.91. The molecule has 1 aromatic heterocycles. The van der Waals surface area contributed by atoms with Crippen LogP contribution in [0.5, 0.6) is 11.5 Å². The van der Waals surface area contributed by atoms with E-state index < -0.39 is 0 Å². The van der Waals surface area contributed by atoms with Crippen molar-refractivity contribution in [2.24, 2.45) is 0 Å². The third kappa shape index (κ3) is 3.78. The molecule has 0 spiro atoms. The Hall–Kier alpha value is -2.55. The van der Waals surface area contributed by atoms with Crippen LogP contribution in [0.25, 0.3) is 17.1 Å². The van der Waals surface area contributed by atoms with E-state index in [-0.39, 0.29) is 30.3 Å². The van der Waals surface area contributed by atoms with Crippen LogP contribution < -0.4 is 0 Å². The van der Waals surface area contributed by atoms with Gasteiger partial charge in [0.2, 0.25) is 0 Å². The van der Waals surface area contributed by atoms with Crippen LogP contribution in [0.4, 0.5) is 0 Å². The first-order chi connectivity index (χ1) is 14.4. The molecule has 0 amide bonds. The van der Waals surface area contributed by atoms with E-state index in [1.807, 2.05) is 19.9 Å². The van der Waals surface area contributed by atoms with Gasteiger partial charge in [0.25, 0.3) is 0 Å². The number of phenols is 2. The number of nitrogens with zero attached hydrogens (tertiary/aromatic N) is 3. The molecule has 2 N–H and O–H groups in total. The van der Waals surface area contributed by atoms with E-state index in [0.717, 1.165) is 24.1 Å². The Balaban J connectivity index is 1.75. The van der Waals surface area contributed by atoms with Crippen molar-refractivity contribution in [1.82, 2.24) is 14.8 Å². The highest BCUT2D eigenvalue weighted by atomic mass is 32.1. The largest absolute Gasteiger partial charge is 0.508 e. The lowest BCUT2D eigenvalue weighted by Gasteiger charge is -2.14. The first-order valence-electron chi connectivity index (χ1n) is 9.82. The average Bonchev–Trinajstić information content (AvgIpc) is 3.28. The normalized spacial score (nSPS) is 15.7. The second kappa shape index (κ2) is 8.29. The number of aromatic nitrogens is 3. The van der Waals surface area contributed by atoms with Crippen LogP contribution in [-0.4, -0.2) is 45.0 Å². The van der Waals surface area contributed by atoms with E-state index >= 15 is 0 Å². The SMILES string of the molecule is COCOC1Cc2ccc(-n3c(S)nnc3-c3cc(C(C)C)c(O)cc3O)cc2C1. The zero-order chi connectivity index (χ0) is 21.4. The maximum Gasteiger partial charge on any atom is 0.193 e. The van der Waals surface area contributed by atoms with Gasteiger partial charge in [-0.3, -0.25) is 4.57 Å². The third-order valence-electron chi connectivity index (χ3n) is 5.42. The molecule has 0 saturated heterocycles. The van der Waals surface area contributed by atoms with Crippen LogP contribution in [-0.2, 0) is 22.3 Å². The van der Waals surface area contributed by atoms with Crippen molar-refractivity contribution in [3.63, 3.8) is 0 Å². The second-order valence-electron chi connectivity index (χ2n) is 7.80. The summed E-state index contributed by atoms with van der Waals surface area (Å²) in [6, 6.07) is 9.26. The van der Waals surface area contributed by atoms with Crippen molar-refractivity contribution in [1.29, 1.82) is 0 Å². The first-order valence-corrected chi connectivity index (χ1v) is 10.3. The minimum atomic E-state index is -0.0620. The molecule has 158 valence electrons. The predicted octanol–water partition coefficient (Wildman–Crippen LogP) is 3.85. The smallest absolute Gasteiger partial charge is 0.193 e. The minimum Gasteiger partial charge on any atom is -0.508 e.